The molecule has 1 amide bonds. The summed E-state index contributed by atoms with van der Waals surface area (Å²) in [5.41, 5.74) is 2.71. The number of amides is 1. The Bertz CT molecular complexity index is 1220. The number of aliphatic hydroxyl groups is 2. The Morgan fingerprint density at radius 3 is 2.39 bits per heavy atom. The number of ketones is 1. The standard InChI is InChI=1S/C31H40N4O5S/c36-20-18-35(19-21-37)23-26-10-11-30(41-26)29(38)22-32-14-17-34-15-12-25(13-16-34)40-31(39)33-28-9-5-4-8-27(28)24-6-2-1-3-7-24/h1-11,25,32,36-37H,12-23H2,(H,33,39). The number of hydrogen-bond acceptors (Lipinski definition) is 9. The van der Waals surface area contributed by atoms with Crippen molar-refractivity contribution in [1.29, 1.82) is 0 Å². The number of carbonyl (C=O) groups is 2. The zero-order valence-electron chi connectivity index (χ0n) is 23.3. The number of rotatable bonds is 15. The highest BCUT2D eigenvalue weighted by atomic mass is 32.1. The fourth-order valence-corrected chi connectivity index (χ4v) is 5.90. The molecular formula is C31H40N4O5S. The Kier molecular flexibility index (Phi) is 12.3. The van der Waals surface area contributed by atoms with E-state index < -0.39 is 6.09 Å². The lowest BCUT2D eigenvalue weighted by molar-refractivity contribution is 0.0593. The third kappa shape index (κ3) is 9.74. The molecule has 1 aliphatic heterocycles. The number of piperidine rings is 1. The number of nitrogens with zero attached hydrogens (tertiary/aromatic N) is 2. The van der Waals surface area contributed by atoms with Gasteiger partial charge in [-0.1, -0.05) is 48.5 Å². The van der Waals surface area contributed by atoms with E-state index in [2.05, 4.69) is 15.5 Å². The molecule has 9 nitrogen and oxygen atoms in total. The van der Waals surface area contributed by atoms with Crippen molar-refractivity contribution in [2.45, 2.75) is 25.5 Å². The highest BCUT2D eigenvalue weighted by Gasteiger charge is 2.22. The second-order valence-corrected chi connectivity index (χ2v) is 11.2. The van der Waals surface area contributed by atoms with Gasteiger partial charge < -0.3 is 25.2 Å². The summed E-state index contributed by atoms with van der Waals surface area (Å²) < 4.78 is 5.73. The normalized spacial score (nSPS) is 14.3. The molecule has 0 atom stereocenters. The van der Waals surface area contributed by atoms with Crippen LogP contribution in [0.1, 0.15) is 27.4 Å². The molecule has 2 aromatic carbocycles. The van der Waals surface area contributed by atoms with E-state index in [1.54, 1.807) is 0 Å². The highest BCUT2D eigenvalue weighted by Crippen LogP contribution is 2.28. The zero-order chi connectivity index (χ0) is 28.9. The van der Waals surface area contributed by atoms with Crippen LogP contribution < -0.4 is 10.6 Å². The van der Waals surface area contributed by atoms with Crippen LogP contribution in [0, 0.1) is 0 Å². The van der Waals surface area contributed by atoms with Gasteiger partial charge in [0.05, 0.1) is 30.3 Å². The quantitative estimate of drug-likeness (QED) is 0.159. The Morgan fingerprint density at radius 1 is 0.951 bits per heavy atom. The molecular weight excluding hydrogens is 540 g/mol. The van der Waals surface area contributed by atoms with Crippen LogP contribution in [-0.2, 0) is 11.3 Å². The number of nitrogens with one attached hydrogen (secondary N) is 2. The van der Waals surface area contributed by atoms with Crippen molar-refractivity contribution in [1.82, 2.24) is 15.1 Å². The molecule has 0 radical (unpaired) electrons. The molecule has 4 N–H and O–H groups in total. The first-order valence-electron chi connectivity index (χ1n) is 14.2. The summed E-state index contributed by atoms with van der Waals surface area (Å²) >= 11 is 1.46. The van der Waals surface area contributed by atoms with E-state index in [-0.39, 0.29) is 31.6 Å². The van der Waals surface area contributed by atoms with Crippen molar-refractivity contribution in [2.75, 3.05) is 64.3 Å². The number of Topliss-reactive ketones (excluding diaryl/α,β-unsaturated/α-hetero) is 1. The van der Waals surface area contributed by atoms with E-state index in [4.69, 9.17) is 4.74 Å². The summed E-state index contributed by atoms with van der Waals surface area (Å²) in [6, 6.07) is 21.4. The van der Waals surface area contributed by atoms with Crippen LogP contribution in [-0.4, -0.2) is 97.0 Å². The van der Waals surface area contributed by atoms with E-state index >= 15 is 0 Å². The van der Waals surface area contributed by atoms with Crippen LogP contribution in [0.4, 0.5) is 10.5 Å². The topological polar surface area (TPSA) is 114 Å². The molecule has 1 fully saturated rings. The van der Waals surface area contributed by atoms with Gasteiger partial charge in [0.25, 0.3) is 0 Å². The van der Waals surface area contributed by atoms with Crippen LogP contribution in [0.5, 0.6) is 0 Å². The number of anilines is 1. The van der Waals surface area contributed by atoms with Crippen molar-refractivity contribution < 1.29 is 24.5 Å². The number of aliphatic hydroxyl groups excluding tert-OH is 2. The fraction of sp³-hybridized carbons (Fsp3) is 0.419. The van der Waals surface area contributed by atoms with Gasteiger partial charge in [-0.2, -0.15) is 0 Å². The molecule has 1 saturated heterocycles. The predicted molar refractivity (Wildman–Crippen MR) is 162 cm³/mol. The van der Waals surface area contributed by atoms with Gasteiger partial charge in [-0.25, -0.2) is 4.79 Å². The van der Waals surface area contributed by atoms with E-state index in [1.165, 1.54) is 11.3 Å². The van der Waals surface area contributed by atoms with Gasteiger partial charge in [-0.15, -0.1) is 11.3 Å². The Labute approximate surface area is 245 Å². The maximum Gasteiger partial charge on any atom is 0.411 e. The van der Waals surface area contributed by atoms with Gasteiger partial charge >= 0.3 is 6.09 Å². The fourth-order valence-electron chi connectivity index (χ4n) is 4.92. The van der Waals surface area contributed by atoms with Gasteiger partial charge in [-0.05, 0) is 36.6 Å². The largest absolute Gasteiger partial charge is 0.446 e. The van der Waals surface area contributed by atoms with Crippen molar-refractivity contribution in [2.24, 2.45) is 0 Å². The molecule has 41 heavy (non-hydrogen) atoms. The van der Waals surface area contributed by atoms with Crippen molar-refractivity contribution in [3.8, 4) is 11.1 Å². The summed E-state index contributed by atoms with van der Waals surface area (Å²) in [5, 5.41) is 24.5. The molecule has 2 heterocycles. The number of carbonyl (C=O) groups excluding carboxylic acids is 2. The van der Waals surface area contributed by atoms with Crippen molar-refractivity contribution >= 4 is 28.9 Å². The minimum absolute atomic E-state index is 0.0331. The molecule has 0 bridgehead atoms. The van der Waals surface area contributed by atoms with E-state index in [9.17, 15) is 19.8 Å². The zero-order valence-corrected chi connectivity index (χ0v) is 24.2. The molecule has 0 spiro atoms. The maximum atomic E-state index is 12.6. The van der Waals surface area contributed by atoms with Gasteiger partial charge in [-0.3, -0.25) is 15.0 Å². The molecule has 3 aromatic rings. The number of ether oxygens (including phenoxy) is 1. The van der Waals surface area contributed by atoms with E-state index in [1.807, 2.05) is 71.6 Å². The maximum absolute atomic E-state index is 12.6. The summed E-state index contributed by atoms with van der Waals surface area (Å²) in [7, 11) is 0. The summed E-state index contributed by atoms with van der Waals surface area (Å²) in [6.45, 7) is 5.12. The van der Waals surface area contributed by atoms with Crippen molar-refractivity contribution in [3.63, 3.8) is 0 Å². The first-order valence-corrected chi connectivity index (χ1v) is 15.0. The third-order valence-corrected chi connectivity index (χ3v) is 8.21. The number of thiophene rings is 1. The van der Waals surface area contributed by atoms with Gasteiger partial charge in [0.1, 0.15) is 6.10 Å². The van der Waals surface area contributed by atoms with Crippen LogP contribution in [0.15, 0.2) is 66.7 Å². The van der Waals surface area contributed by atoms with Gasteiger partial charge in [0.15, 0.2) is 5.78 Å². The van der Waals surface area contributed by atoms with Crippen LogP contribution in [0.2, 0.25) is 0 Å². The second kappa shape index (κ2) is 16.4. The average molecular weight is 581 g/mol. The SMILES string of the molecule is O=C(Nc1ccccc1-c1ccccc1)OC1CCN(CCNCC(=O)c2ccc(CN(CCO)CCO)s2)CC1. The average Bonchev–Trinajstić information content (AvgIpc) is 3.46. The number of para-hydroxylation sites is 1. The summed E-state index contributed by atoms with van der Waals surface area (Å²) in [5.74, 6) is 0.0593. The summed E-state index contributed by atoms with van der Waals surface area (Å²) in [4.78, 5) is 31.3. The smallest absolute Gasteiger partial charge is 0.411 e. The summed E-state index contributed by atoms with van der Waals surface area (Å²) in [6.07, 6.45) is 0.990. The predicted octanol–water partition coefficient (Wildman–Crippen LogP) is 3.69. The number of hydrogen-bond donors (Lipinski definition) is 4. The molecule has 1 aliphatic rings. The number of benzene rings is 2. The lowest BCUT2D eigenvalue weighted by atomic mass is 10.0. The van der Waals surface area contributed by atoms with Crippen molar-refractivity contribution in [3.05, 3.63) is 76.5 Å². The molecule has 1 aromatic heterocycles. The Balaban J connectivity index is 1.12. The highest BCUT2D eigenvalue weighted by molar-refractivity contribution is 7.14. The van der Waals surface area contributed by atoms with Gasteiger partial charge in [0, 0.05) is 56.3 Å². The Morgan fingerprint density at radius 2 is 1.66 bits per heavy atom. The lowest BCUT2D eigenvalue weighted by Gasteiger charge is -2.31. The lowest BCUT2D eigenvalue weighted by Crippen LogP contribution is -2.41. The van der Waals surface area contributed by atoms with Crippen LogP contribution >= 0.6 is 11.3 Å². The molecule has 0 aliphatic carbocycles. The van der Waals surface area contributed by atoms with E-state index in [0.717, 1.165) is 54.2 Å². The molecule has 4 rings (SSSR count). The molecule has 220 valence electrons. The number of likely N-dealkylation sites (tertiary alicyclic amines) is 1. The molecule has 10 heteroatoms. The van der Waals surface area contributed by atoms with Gasteiger partial charge in [0.2, 0.25) is 0 Å². The first kappa shape index (κ1) is 30.8. The van der Waals surface area contributed by atoms with E-state index in [0.29, 0.717) is 31.1 Å². The second-order valence-electron chi connectivity index (χ2n) is 10.1. The minimum Gasteiger partial charge on any atom is -0.446 e. The monoisotopic (exact) mass is 580 g/mol. The van der Waals surface area contributed by atoms with Crippen LogP contribution in [0.25, 0.3) is 11.1 Å². The Hall–Kier alpha value is -3.12. The molecule has 0 saturated carbocycles. The minimum atomic E-state index is -0.432. The van der Waals surface area contributed by atoms with Crippen LogP contribution in [0.3, 0.4) is 0 Å². The molecule has 0 unspecified atom stereocenters. The first-order chi connectivity index (χ1) is 20.1. The third-order valence-electron chi connectivity index (χ3n) is 7.10.